The van der Waals surface area contributed by atoms with Gasteiger partial charge in [0.05, 0.1) is 5.56 Å². The predicted molar refractivity (Wildman–Crippen MR) is 91.2 cm³/mol. The van der Waals surface area contributed by atoms with Gasteiger partial charge in [0, 0.05) is 31.9 Å². The minimum absolute atomic E-state index is 0. The van der Waals surface area contributed by atoms with Gasteiger partial charge >= 0.3 is 6.18 Å². The first-order valence-corrected chi connectivity index (χ1v) is 7.66. The fourth-order valence-corrected chi connectivity index (χ4v) is 2.50. The van der Waals surface area contributed by atoms with Crippen LogP contribution in [0.2, 0.25) is 0 Å². The predicted octanol–water partition coefficient (Wildman–Crippen LogP) is 2.98. The van der Waals surface area contributed by atoms with Crippen LogP contribution in [0, 0.1) is 0 Å². The Balaban J connectivity index is 0.00000243. The molecule has 140 valence electrons. The van der Waals surface area contributed by atoms with Gasteiger partial charge in [-0.25, -0.2) is 4.98 Å². The van der Waals surface area contributed by atoms with E-state index in [1.54, 1.807) is 0 Å². The number of hydrogen-bond acceptors (Lipinski definition) is 4. The molecule has 26 heavy (non-hydrogen) atoms. The molecule has 1 aromatic carbocycles. The van der Waals surface area contributed by atoms with E-state index in [4.69, 9.17) is 0 Å². The molecule has 2 N–H and O–H groups in total. The molecule has 0 bridgehead atoms. The Labute approximate surface area is 154 Å². The van der Waals surface area contributed by atoms with E-state index in [-0.39, 0.29) is 29.8 Å². The zero-order chi connectivity index (χ0) is 17.9. The summed E-state index contributed by atoms with van der Waals surface area (Å²) in [5, 5.41) is 6.01. The number of hydrogen-bond donors (Lipinski definition) is 2. The van der Waals surface area contributed by atoms with Crippen LogP contribution >= 0.6 is 12.4 Å². The maximum absolute atomic E-state index is 12.1. The van der Waals surface area contributed by atoms with Crippen molar-refractivity contribution >= 4 is 18.3 Å². The summed E-state index contributed by atoms with van der Waals surface area (Å²) in [5.41, 5.74) is 3.71. The molecule has 1 aromatic heterocycles. The van der Waals surface area contributed by atoms with Gasteiger partial charge in [0.1, 0.15) is 0 Å². The third-order valence-corrected chi connectivity index (χ3v) is 3.74. The SMILES string of the molecule is Cl.O=C(NCc1ccc2c(c1)CNC2)c1ccc(OCC(F)(F)F)nc1. The second-order valence-electron chi connectivity index (χ2n) is 5.68. The van der Waals surface area contributed by atoms with Gasteiger partial charge in [-0.2, -0.15) is 13.2 Å². The number of fused-ring (bicyclic) bond motifs is 1. The van der Waals surface area contributed by atoms with Crippen molar-refractivity contribution in [3.05, 3.63) is 58.8 Å². The monoisotopic (exact) mass is 387 g/mol. The number of rotatable bonds is 5. The Kier molecular flexibility index (Phi) is 6.44. The second-order valence-corrected chi connectivity index (χ2v) is 5.68. The van der Waals surface area contributed by atoms with Gasteiger partial charge in [0.2, 0.25) is 5.88 Å². The van der Waals surface area contributed by atoms with Gasteiger partial charge in [0.15, 0.2) is 6.61 Å². The summed E-state index contributed by atoms with van der Waals surface area (Å²) in [6, 6.07) is 8.65. The lowest BCUT2D eigenvalue weighted by Crippen LogP contribution is -2.23. The Hall–Kier alpha value is -2.32. The molecule has 0 radical (unpaired) electrons. The number of ether oxygens (including phenoxy) is 1. The Morgan fingerprint density at radius 3 is 2.65 bits per heavy atom. The number of nitrogens with one attached hydrogen (secondary N) is 2. The first-order chi connectivity index (χ1) is 11.9. The number of aromatic nitrogens is 1. The van der Waals surface area contributed by atoms with Crippen LogP contribution in [-0.2, 0) is 19.6 Å². The van der Waals surface area contributed by atoms with E-state index in [0.717, 1.165) is 18.7 Å². The van der Waals surface area contributed by atoms with Gasteiger partial charge in [-0.15, -0.1) is 12.4 Å². The molecular formula is C17H17ClF3N3O2. The maximum atomic E-state index is 12.1. The zero-order valence-electron chi connectivity index (χ0n) is 13.6. The molecule has 2 aromatic rings. The van der Waals surface area contributed by atoms with Crippen molar-refractivity contribution in [3.8, 4) is 5.88 Å². The van der Waals surface area contributed by atoms with Gasteiger partial charge in [-0.3, -0.25) is 4.79 Å². The first kappa shape index (κ1) is 20.0. The third kappa shape index (κ3) is 5.34. The summed E-state index contributed by atoms with van der Waals surface area (Å²) in [4.78, 5) is 15.8. The summed E-state index contributed by atoms with van der Waals surface area (Å²) >= 11 is 0. The van der Waals surface area contributed by atoms with Crippen molar-refractivity contribution in [1.82, 2.24) is 15.6 Å². The summed E-state index contributed by atoms with van der Waals surface area (Å²) in [5.74, 6) is -0.534. The number of benzene rings is 1. The number of alkyl halides is 3. The number of carbonyl (C=O) groups excluding carboxylic acids is 1. The average Bonchev–Trinajstić information content (AvgIpc) is 3.05. The van der Waals surface area contributed by atoms with E-state index >= 15 is 0 Å². The molecular weight excluding hydrogens is 371 g/mol. The van der Waals surface area contributed by atoms with Crippen LogP contribution in [0.15, 0.2) is 36.5 Å². The number of pyridine rings is 1. The number of amides is 1. The number of halogens is 4. The maximum Gasteiger partial charge on any atom is 0.422 e. The lowest BCUT2D eigenvalue weighted by atomic mass is 10.1. The lowest BCUT2D eigenvalue weighted by Gasteiger charge is -2.09. The highest BCUT2D eigenvalue weighted by atomic mass is 35.5. The molecule has 9 heteroatoms. The summed E-state index contributed by atoms with van der Waals surface area (Å²) in [7, 11) is 0. The molecule has 0 unspecified atom stereocenters. The minimum atomic E-state index is -4.43. The molecule has 1 aliphatic rings. The standard InChI is InChI=1S/C17H16F3N3O2.ClH/c18-17(19,20)10-25-15-4-3-13(9-22-15)16(24)23-6-11-1-2-12-7-21-8-14(12)5-11;/h1-5,9,21H,6-8,10H2,(H,23,24);1H. The minimum Gasteiger partial charge on any atom is -0.468 e. The Bertz CT molecular complexity index is 767. The molecule has 0 spiro atoms. The van der Waals surface area contributed by atoms with Crippen molar-refractivity contribution in [2.75, 3.05) is 6.61 Å². The number of carbonyl (C=O) groups is 1. The molecule has 0 saturated heterocycles. The quantitative estimate of drug-likeness (QED) is 0.828. The molecule has 0 aliphatic carbocycles. The van der Waals surface area contributed by atoms with E-state index in [2.05, 4.69) is 20.4 Å². The van der Waals surface area contributed by atoms with Gasteiger partial charge in [-0.05, 0) is 22.8 Å². The van der Waals surface area contributed by atoms with Crippen LogP contribution in [0.1, 0.15) is 27.0 Å². The summed E-state index contributed by atoms with van der Waals surface area (Å²) in [6.07, 6.45) is -3.24. The van der Waals surface area contributed by atoms with Crippen LogP contribution in [0.3, 0.4) is 0 Å². The highest BCUT2D eigenvalue weighted by Gasteiger charge is 2.28. The van der Waals surface area contributed by atoms with E-state index < -0.39 is 12.8 Å². The molecule has 5 nitrogen and oxygen atoms in total. The molecule has 3 rings (SSSR count). The Morgan fingerprint density at radius 1 is 1.19 bits per heavy atom. The molecule has 0 saturated carbocycles. The average molecular weight is 388 g/mol. The van der Waals surface area contributed by atoms with Crippen molar-refractivity contribution in [3.63, 3.8) is 0 Å². The molecule has 1 amide bonds. The van der Waals surface area contributed by atoms with Crippen LogP contribution < -0.4 is 15.4 Å². The fourth-order valence-electron chi connectivity index (χ4n) is 2.50. The van der Waals surface area contributed by atoms with Crippen LogP contribution in [0.25, 0.3) is 0 Å². The fraction of sp³-hybridized carbons (Fsp3) is 0.294. The highest BCUT2D eigenvalue weighted by Crippen LogP contribution is 2.18. The zero-order valence-corrected chi connectivity index (χ0v) is 14.4. The molecule has 2 heterocycles. The summed E-state index contributed by atoms with van der Waals surface area (Å²) < 4.78 is 40.7. The molecule has 1 aliphatic heterocycles. The third-order valence-electron chi connectivity index (χ3n) is 3.74. The van der Waals surface area contributed by atoms with E-state index in [1.165, 1.54) is 29.5 Å². The van der Waals surface area contributed by atoms with E-state index in [9.17, 15) is 18.0 Å². The van der Waals surface area contributed by atoms with Crippen molar-refractivity contribution in [2.45, 2.75) is 25.8 Å². The summed E-state index contributed by atoms with van der Waals surface area (Å²) in [6.45, 7) is 0.619. The number of nitrogens with zero attached hydrogens (tertiary/aromatic N) is 1. The smallest absolute Gasteiger partial charge is 0.422 e. The molecule has 0 fully saturated rings. The largest absolute Gasteiger partial charge is 0.468 e. The normalized spacial score (nSPS) is 12.9. The van der Waals surface area contributed by atoms with Crippen molar-refractivity contribution < 1.29 is 22.7 Å². The Morgan fingerprint density at radius 2 is 1.96 bits per heavy atom. The van der Waals surface area contributed by atoms with Gasteiger partial charge < -0.3 is 15.4 Å². The van der Waals surface area contributed by atoms with Gasteiger partial charge in [0.25, 0.3) is 5.91 Å². The van der Waals surface area contributed by atoms with Crippen molar-refractivity contribution in [2.24, 2.45) is 0 Å². The molecule has 0 atom stereocenters. The van der Waals surface area contributed by atoms with E-state index in [1.807, 2.05) is 18.2 Å². The van der Waals surface area contributed by atoms with Crippen LogP contribution in [0.4, 0.5) is 13.2 Å². The van der Waals surface area contributed by atoms with Crippen molar-refractivity contribution in [1.29, 1.82) is 0 Å². The van der Waals surface area contributed by atoms with Crippen LogP contribution in [0.5, 0.6) is 5.88 Å². The topological polar surface area (TPSA) is 63.2 Å². The van der Waals surface area contributed by atoms with Crippen LogP contribution in [-0.4, -0.2) is 23.7 Å². The first-order valence-electron chi connectivity index (χ1n) is 7.66. The second kappa shape index (κ2) is 8.37. The lowest BCUT2D eigenvalue weighted by molar-refractivity contribution is -0.154. The van der Waals surface area contributed by atoms with E-state index in [0.29, 0.717) is 6.54 Å². The highest BCUT2D eigenvalue weighted by molar-refractivity contribution is 5.93. The van der Waals surface area contributed by atoms with Gasteiger partial charge in [-0.1, -0.05) is 18.2 Å².